The lowest BCUT2D eigenvalue weighted by Crippen LogP contribution is -2.44. The van der Waals surface area contributed by atoms with E-state index in [0.29, 0.717) is 38.5 Å². The molecule has 0 aromatic rings. The monoisotopic (exact) mass is 911 g/mol. The summed E-state index contributed by atoms with van der Waals surface area (Å²) in [5.41, 5.74) is 24.2. The summed E-state index contributed by atoms with van der Waals surface area (Å²) in [5.74, 6) is -1.27. The molecule has 0 rings (SSSR count). The number of aliphatic hydroxyl groups is 4. The van der Waals surface area contributed by atoms with Gasteiger partial charge in [-0.2, -0.15) is 0 Å². The van der Waals surface area contributed by atoms with Gasteiger partial charge in [0, 0.05) is 23.7 Å². The van der Waals surface area contributed by atoms with Gasteiger partial charge in [0.05, 0.1) is 48.6 Å². The van der Waals surface area contributed by atoms with Gasteiger partial charge in [-0.15, -0.1) is 0 Å². The van der Waals surface area contributed by atoms with Crippen molar-refractivity contribution in [2.75, 3.05) is 0 Å². The van der Waals surface area contributed by atoms with Crippen LogP contribution in [0.15, 0.2) is 0 Å². The van der Waals surface area contributed by atoms with E-state index < -0.39 is 48.6 Å². The smallest absolute Gasteiger partial charge is 0.155 e. The summed E-state index contributed by atoms with van der Waals surface area (Å²) < 4.78 is 0. The van der Waals surface area contributed by atoms with Crippen LogP contribution in [0.5, 0.6) is 0 Å². The highest BCUT2D eigenvalue weighted by Gasteiger charge is 2.31. The van der Waals surface area contributed by atoms with Crippen molar-refractivity contribution in [2.45, 2.75) is 283 Å². The average Bonchev–Trinajstić information content (AvgIpc) is 3.26. The summed E-state index contributed by atoms with van der Waals surface area (Å²) in [6.45, 7) is 10.4. The predicted octanol–water partition coefficient (Wildman–Crippen LogP) is 8.30. The highest BCUT2D eigenvalue weighted by molar-refractivity contribution is 5.88. The molecule has 64 heavy (non-hydrogen) atoms. The highest BCUT2D eigenvalue weighted by Crippen LogP contribution is 2.27. The van der Waals surface area contributed by atoms with Gasteiger partial charge in [-0.25, -0.2) is 0 Å². The fraction of sp³-hybridized carbons (Fsp3) is 0.923. The number of hydrogen-bond donors (Lipinski definition) is 8. The van der Waals surface area contributed by atoms with Gasteiger partial charge in [-0.05, 0) is 79.1 Å². The number of rotatable bonds is 45. The van der Waals surface area contributed by atoms with Crippen LogP contribution in [0, 0.1) is 23.7 Å². The van der Waals surface area contributed by atoms with Gasteiger partial charge < -0.3 is 43.4 Å². The first-order valence-electron chi connectivity index (χ1n) is 26.3. The first-order valence-corrected chi connectivity index (χ1v) is 26.3. The molecule has 378 valence electrons. The Labute approximate surface area is 391 Å². The first kappa shape index (κ1) is 62.4. The third kappa shape index (κ3) is 27.9. The Morgan fingerprint density at radius 1 is 0.297 bits per heavy atom. The molecule has 0 fully saturated rings. The largest absolute Gasteiger partial charge is 0.391 e. The number of carbonyl (C=O) groups excluding carboxylic acids is 4. The minimum Gasteiger partial charge on any atom is -0.391 e. The van der Waals surface area contributed by atoms with Crippen molar-refractivity contribution in [3.8, 4) is 0 Å². The second kappa shape index (κ2) is 38.3. The summed E-state index contributed by atoms with van der Waals surface area (Å²) in [7, 11) is 0. The van der Waals surface area contributed by atoms with E-state index in [1.54, 1.807) is 27.7 Å². The third-order valence-electron chi connectivity index (χ3n) is 13.9. The fourth-order valence-corrected chi connectivity index (χ4v) is 9.13. The molecule has 0 spiro atoms. The molecule has 0 saturated heterocycles. The van der Waals surface area contributed by atoms with E-state index in [1.807, 2.05) is 0 Å². The van der Waals surface area contributed by atoms with Crippen molar-refractivity contribution in [2.24, 2.45) is 46.6 Å². The number of ketones is 4. The van der Waals surface area contributed by atoms with Crippen LogP contribution in [0.1, 0.15) is 234 Å². The molecular weight excluding hydrogens is 809 g/mol. The maximum absolute atomic E-state index is 13.2. The normalized spacial score (nSPS) is 17.7. The Morgan fingerprint density at radius 3 is 0.625 bits per heavy atom. The highest BCUT2D eigenvalue weighted by atomic mass is 16.3. The zero-order valence-corrected chi connectivity index (χ0v) is 41.9. The Morgan fingerprint density at radius 2 is 0.453 bits per heavy atom. The standard InChI is InChI=1S/C52H102N4O8/c1-7-9-29-41(49(61)45(53)37(3)57)33-27-35-43(51(63)47(55)39(5)59)31-25-23-21-19-17-15-13-11-12-14-16-18-20-22-24-26-32-44(52(64)48(56)40(6)60)36-28-34-42(30-10-8-2)50(62)46(54)38(4)58/h37-48,57-60H,7-36,53-56H2,1-6H3/t37-,38-,39-,40-,41?,42?,43?,44?,45+,46+,47+,48+/m1/s1. The molecule has 12 atom stereocenters. The van der Waals surface area contributed by atoms with Gasteiger partial charge in [-0.1, -0.05) is 155 Å². The van der Waals surface area contributed by atoms with Crippen molar-refractivity contribution < 1.29 is 39.6 Å². The minimum absolute atomic E-state index is 0.0889. The molecule has 0 aromatic carbocycles. The molecule has 0 aliphatic heterocycles. The molecule has 12 nitrogen and oxygen atoms in total. The summed E-state index contributed by atoms with van der Waals surface area (Å²) in [6.07, 6.45) is 25.9. The molecule has 0 bridgehead atoms. The van der Waals surface area contributed by atoms with Crippen molar-refractivity contribution >= 4 is 23.1 Å². The minimum atomic E-state index is -0.900. The van der Waals surface area contributed by atoms with Gasteiger partial charge >= 0.3 is 0 Å². The second-order valence-corrected chi connectivity index (χ2v) is 19.8. The molecule has 0 heterocycles. The van der Waals surface area contributed by atoms with Gasteiger partial charge in [0.15, 0.2) is 23.1 Å². The first-order chi connectivity index (χ1) is 30.4. The summed E-state index contributed by atoms with van der Waals surface area (Å²) in [5, 5.41) is 39.8. The quantitative estimate of drug-likeness (QED) is 0.0269. The summed E-state index contributed by atoms with van der Waals surface area (Å²) in [4.78, 5) is 52.3. The molecule has 0 aromatic heterocycles. The molecule has 0 aliphatic carbocycles. The van der Waals surface area contributed by atoms with E-state index in [9.17, 15) is 39.6 Å². The Bertz CT molecular complexity index is 1110. The van der Waals surface area contributed by atoms with Crippen LogP contribution in [0.2, 0.25) is 0 Å². The maximum Gasteiger partial charge on any atom is 0.155 e. The van der Waals surface area contributed by atoms with Crippen LogP contribution in [-0.4, -0.2) is 92.1 Å². The van der Waals surface area contributed by atoms with Crippen LogP contribution in [-0.2, 0) is 19.2 Å². The van der Waals surface area contributed by atoms with Crippen molar-refractivity contribution in [3.63, 3.8) is 0 Å². The molecular formula is C52H102N4O8. The lowest BCUT2D eigenvalue weighted by Gasteiger charge is -2.24. The van der Waals surface area contributed by atoms with Crippen molar-refractivity contribution in [3.05, 3.63) is 0 Å². The zero-order valence-electron chi connectivity index (χ0n) is 41.9. The van der Waals surface area contributed by atoms with Crippen LogP contribution in [0.3, 0.4) is 0 Å². The number of unbranched alkanes of at least 4 members (excludes halogenated alkanes) is 17. The zero-order chi connectivity index (χ0) is 48.5. The van der Waals surface area contributed by atoms with Crippen LogP contribution in [0.4, 0.5) is 0 Å². The van der Waals surface area contributed by atoms with Crippen molar-refractivity contribution in [1.82, 2.24) is 0 Å². The van der Waals surface area contributed by atoms with E-state index in [2.05, 4.69) is 13.8 Å². The van der Waals surface area contributed by atoms with E-state index in [-0.39, 0.29) is 46.8 Å². The predicted molar refractivity (Wildman–Crippen MR) is 262 cm³/mol. The number of Topliss-reactive ketones (excluding diaryl/α,β-unsaturated/α-hetero) is 4. The molecule has 4 unspecified atom stereocenters. The van der Waals surface area contributed by atoms with E-state index in [0.717, 1.165) is 89.9 Å². The Kier molecular flexibility index (Phi) is 37.4. The molecule has 0 aliphatic rings. The molecule has 12 heteroatoms. The van der Waals surface area contributed by atoms with Gasteiger partial charge in [-0.3, -0.25) is 19.2 Å². The second-order valence-electron chi connectivity index (χ2n) is 19.8. The SMILES string of the molecule is CCCCC(CCCC(CCCCCCCCCCCCCCCCCCC(CCCC(CCCC)C(=O)[C@@H](N)[C@@H](C)O)C(=O)[C@@H](N)[C@@H](C)O)C(=O)[C@@H](N)[C@@H](C)O)C(=O)[C@@H](N)[C@@H](C)O. The Hall–Kier alpha value is -1.64. The van der Waals surface area contributed by atoms with E-state index in [4.69, 9.17) is 22.9 Å². The van der Waals surface area contributed by atoms with Crippen LogP contribution >= 0.6 is 0 Å². The number of hydrogen-bond acceptors (Lipinski definition) is 12. The molecule has 0 radical (unpaired) electrons. The van der Waals surface area contributed by atoms with Crippen LogP contribution in [0.25, 0.3) is 0 Å². The Balaban J connectivity index is 4.42. The third-order valence-corrected chi connectivity index (χ3v) is 13.9. The van der Waals surface area contributed by atoms with Gasteiger partial charge in [0.25, 0.3) is 0 Å². The summed E-state index contributed by atoms with van der Waals surface area (Å²) in [6, 6.07) is -3.58. The number of carbonyl (C=O) groups is 4. The molecule has 0 saturated carbocycles. The number of nitrogens with two attached hydrogens (primary N) is 4. The lowest BCUT2D eigenvalue weighted by atomic mass is 9.83. The van der Waals surface area contributed by atoms with E-state index >= 15 is 0 Å². The average molecular weight is 911 g/mol. The number of aliphatic hydroxyl groups excluding tert-OH is 4. The molecule has 0 amide bonds. The van der Waals surface area contributed by atoms with Gasteiger partial charge in [0.2, 0.25) is 0 Å². The van der Waals surface area contributed by atoms with Gasteiger partial charge in [0.1, 0.15) is 0 Å². The maximum atomic E-state index is 13.2. The topological polar surface area (TPSA) is 253 Å². The van der Waals surface area contributed by atoms with E-state index in [1.165, 1.54) is 64.2 Å². The molecule has 12 N–H and O–H groups in total. The summed E-state index contributed by atoms with van der Waals surface area (Å²) >= 11 is 0. The lowest BCUT2D eigenvalue weighted by molar-refractivity contribution is -0.128. The van der Waals surface area contributed by atoms with Crippen molar-refractivity contribution in [1.29, 1.82) is 0 Å². The van der Waals surface area contributed by atoms with Crippen LogP contribution < -0.4 is 22.9 Å². The fourth-order valence-electron chi connectivity index (χ4n) is 9.13.